The van der Waals surface area contributed by atoms with Crippen molar-refractivity contribution in [3.63, 3.8) is 0 Å². The SMILES string of the molecule is CCOc1cc(CN)cc(Br)c1OCc1cccnc1. The van der Waals surface area contributed by atoms with Crippen molar-refractivity contribution in [3.8, 4) is 11.5 Å². The Morgan fingerprint density at radius 2 is 2.10 bits per heavy atom. The number of halogens is 1. The highest BCUT2D eigenvalue weighted by Crippen LogP contribution is 2.37. The van der Waals surface area contributed by atoms with E-state index in [0.717, 1.165) is 15.6 Å². The molecule has 0 spiro atoms. The molecule has 0 aliphatic carbocycles. The van der Waals surface area contributed by atoms with Crippen LogP contribution < -0.4 is 15.2 Å². The van der Waals surface area contributed by atoms with Crippen LogP contribution in [0.5, 0.6) is 11.5 Å². The molecular weight excluding hydrogens is 320 g/mol. The first-order valence-electron chi connectivity index (χ1n) is 6.41. The van der Waals surface area contributed by atoms with Gasteiger partial charge in [0, 0.05) is 24.5 Å². The summed E-state index contributed by atoms with van der Waals surface area (Å²) in [5.74, 6) is 1.39. The number of pyridine rings is 1. The summed E-state index contributed by atoms with van der Waals surface area (Å²) < 4.78 is 12.3. The second-order valence-electron chi connectivity index (χ2n) is 4.19. The van der Waals surface area contributed by atoms with Crippen LogP contribution in [0.2, 0.25) is 0 Å². The summed E-state index contributed by atoms with van der Waals surface area (Å²) in [6, 6.07) is 7.71. The highest BCUT2D eigenvalue weighted by molar-refractivity contribution is 9.10. The fraction of sp³-hybridized carbons (Fsp3) is 0.267. The zero-order valence-electron chi connectivity index (χ0n) is 11.3. The van der Waals surface area contributed by atoms with Gasteiger partial charge in [0.25, 0.3) is 0 Å². The summed E-state index contributed by atoms with van der Waals surface area (Å²) in [6.45, 7) is 3.41. The normalized spacial score (nSPS) is 10.3. The molecule has 1 heterocycles. The lowest BCUT2D eigenvalue weighted by molar-refractivity contribution is 0.267. The van der Waals surface area contributed by atoms with Crippen LogP contribution in [-0.2, 0) is 13.2 Å². The lowest BCUT2D eigenvalue weighted by Crippen LogP contribution is -2.03. The van der Waals surface area contributed by atoms with Crippen LogP contribution in [0.3, 0.4) is 0 Å². The van der Waals surface area contributed by atoms with E-state index in [1.807, 2.05) is 31.2 Å². The van der Waals surface area contributed by atoms with E-state index in [1.165, 1.54) is 0 Å². The number of nitrogens with zero attached hydrogens (tertiary/aromatic N) is 1. The molecule has 0 saturated carbocycles. The molecule has 0 atom stereocenters. The average Bonchev–Trinajstić information content (AvgIpc) is 2.47. The van der Waals surface area contributed by atoms with Crippen molar-refractivity contribution < 1.29 is 9.47 Å². The molecule has 106 valence electrons. The Balaban J connectivity index is 2.21. The van der Waals surface area contributed by atoms with Gasteiger partial charge in [0.2, 0.25) is 0 Å². The first-order valence-corrected chi connectivity index (χ1v) is 7.21. The fourth-order valence-corrected chi connectivity index (χ4v) is 2.39. The Kier molecular flexibility index (Phi) is 5.38. The molecule has 5 heteroatoms. The monoisotopic (exact) mass is 336 g/mol. The van der Waals surface area contributed by atoms with E-state index in [4.69, 9.17) is 15.2 Å². The molecule has 0 aliphatic heterocycles. The Labute approximate surface area is 127 Å². The quantitative estimate of drug-likeness (QED) is 0.879. The Bertz CT molecular complexity index is 561. The smallest absolute Gasteiger partial charge is 0.175 e. The number of ether oxygens (including phenoxy) is 2. The van der Waals surface area contributed by atoms with E-state index in [1.54, 1.807) is 12.4 Å². The first-order chi connectivity index (χ1) is 9.74. The second-order valence-corrected chi connectivity index (χ2v) is 5.05. The molecule has 4 nitrogen and oxygen atoms in total. The third-order valence-corrected chi connectivity index (χ3v) is 3.30. The Morgan fingerprint density at radius 3 is 2.75 bits per heavy atom. The summed E-state index contributed by atoms with van der Waals surface area (Å²) in [4.78, 5) is 4.07. The topological polar surface area (TPSA) is 57.4 Å². The predicted molar refractivity (Wildman–Crippen MR) is 81.8 cm³/mol. The van der Waals surface area contributed by atoms with Crippen LogP contribution in [0.15, 0.2) is 41.1 Å². The molecule has 0 fully saturated rings. The highest BCUT2D eigenvalue weighted by Gasteiger charge is 2.12. The fourth-order valence-electron chi connectivity index (χ4n) is 1.78. The number of hydrogen-bond donors (Lipinski definition) is 1. The largest absolute Gasteiger partial charge is 0.490 e. The third kappa shape index (κ3) is 3.71. The van der Waals surface area contributed by atoms with Gasteiger partial charge in [-0.1, -0.05) is 6.07 Å². The van der Waals surface area contributed by atoms with Crippen molar-refractivity contribution in [2.24, 2.45) is 5.73 Å². The van der Waals surface area contributed by atoms with Crippen LogP contribution in [0.1, 0.15) is 18.1 Å². The number of aromatic nitrogens is 1. The minimum Gasteiger partial charge on any atom is -0.490 e. The van der Waals surface area contributed by atoms with E-state index in [-0.39, 0.29) is 0 Å². The van der Waals surface area contributed by atoms with E-state index in [2.05, 4.69) is 20.9 Å². The maximum atomic E-state index is 5.85. The summed E-state index contributed by atoms with van der Waals surface area (Å²) >= 11 is 3.51. The molecule has 0 bridgehead atoms. The molecule has 0 saturated heterocycles. The standard InChI is InChI=1S/C15H17BrN2O2/c1-2-19-14-7-12(8-17)6-13(16)15(14)20-10-11-4-3-5-18-9-11/h3-7,9H,2,8,10,17H2,1H3. The summed E-state index contributed by atoms with van der Waals surface area (Å²) in [5, 5.41) is 0. The number of nitrogens with two attached hydrogens (primary N) is 1. The minimum atomic E-state index is 0.439. The first kappa shape index (κ1) is 14.8. The van der Waals surface area contributed by atoms with Gasteiger partial charge in [0.05, 0.1) is 11.1 Å². The molecule has 1 aromatic carbocycles. The van der Waals surface area contributed by atoms with Gasteiger partial charge in [-0.2, -0.15) is 0 Å². The van der Waals surface area contributed by atoms with Gasteiger partial charge in [-0.05, 0) is 46.6 Å². The lowest BCUT2D eigenvalue weighted by Gasteiger charge is -2.15. The van der Waals surface area contributed by atoms with Crippen molar-refractivity contribution in [2.75, 3.05) is 6.61 Å². The molecule has 0 aliphatic rings. The van der Waals surface area contributed by atoms with Crippen molar-refractivity contribution in [1.82, 2.24) is 4.98 Å². The van der Waals surface area contributed by atoms with Gasteiger partial charge in [0.15, 0.2) is 11.5 Å². The van der Waals surface area contributed by atoms with Gasteiger partial charge < -0.3 is 15.2 Å². The number of rotatable bonds is 6. The van der Waals surface area contributed by atoms with Gasteiger partial charge in [-0.3, -0.25) is 4.98 Å². The zero-order valence-corrected chi connectivity index (χ0v) is 12.9. The predicted octanol–water partition coefficient (Wildman–Crippen LogP) is 3.28. The van der Waals surface area contributed by atoms with Crippen LogP contribution in [0.4, 0.5) is 0 Å². The molecule has 1 aromatic heterocycles. The molecule has 0 unspecified atom stereocenters. The van der Waals surface area contributed by atoms with Gasteiger partial charge in [-0.25, -0.2) is 0 Å². The molecular formula is C15H17BrN2O2. The van der Waals surface area contributed by atoms with Crippen molar-refractivity contribution in [2.45, 2.75) is 20.1 Å². The molecule has 2 aromatic rings. The highest BCUT2D eigenvalue weighted by atomic mass is 79.9. The van der Waals surface area contributed by atoms with Gasteiger partial charge in [-0.15, -0.1) is 0 Å². The van der Waals surface area contributed by atoms with E-state index in [9.17, 15) is 0 Å². The van der Waals surface area contributed by atoms with Crippen molar-refractivity contribution in [3.05, 3.63) is 52.3 Å². The molecule has 0 amide bonds. The molecule has 2 rings (SSSR count). The van der Waals surface area contributed by atoms with Crippen LogP contribution in [0, 0.1) is 0 Å². The number of benzene rings is 1. The summed E-state index contributed by atoms with van der Waals surface area (Å²) in [7, 11) is 0. The van der Waals surface area contributed by atoms with Gasteiger partial charge >= 0.3 is 0 Å². The van der Waals surface area contributed by atoms with E-state index >= 15 is 0 Å². The summed E-state index contributed by atoms with van der Waals surface area (Å²) in [5.41, 5.74) is 7.67. The molecule has 20 heavy (non-hydrogen) atoms. The minimum absolute atomic E-state index is 0.439. The van der Waals surface area contributed by atoms with Gasteiger partial charge in [0.1, 0.15) is 6.61 Å². The second kappa shape index (κ2) is 7.26. The lowest BCUT2D eigenvalue weighted by atomic mass is 10.2. The van der Waals surface area contributed by atoms with Crippen LogP contribution >= 0.6 is 15.9 Å². The van der Waals surface area contributed by atoms with Crippen molar-refractivity contribution >= 4 is 15.9 Å². The summed E-state index contributed by atoms with van der Waals surface area (Å²) in [6.07, 6.45) is 3.52. The van der Waals surface area contributed by atoms with E-state index in [0.29, 0.717) is 31.3 Å². The number of hydrogen-bond acceptors (Lipinski definition) is 4. The third-order valence-electron chi connectivity index (χ3n) is 2.71. The Hall–Kier alpha value is -1.59. The molecule has 0 radical (unpaired) electrons. The van der Waals surface area contributed by atoms with Crippen molar-refractivity contribution in [1.29, 1.82) is 0 Å². The maximum Gasteiger partial charge on any atom is 0.175 e. The van der Waals surface area contributed by atoms with E-state index < -0.39 is 0 Å². The Morgan fingerprint density at radius 1 is 1.25 bits per heavy atom. The maximum absolute atomic E-state index is 5.85. The zero-order chi connectivity index (χ0) is 14.4. The average molecular weight is 337 g/mol. The van der Waals surface area contributed by atoms with Crippen LogP contribution in [-0.4, -0.2) is 11.6 Å². The molecule has 2 N–H and O–H groups in total. The van der Waals surface area contributed by atoms with Crippen LogP contribution in [0.25, 0.3) is 0 Å².